The molecule has 2 aliphatic rings. The van der Waals surface area contributed by atoms with E-state index in [1.54, 1.807) is 29.2 Å². The van der Waals surface area contributed by atoms with Crippen LogP contribution in [0.25, 0.3) is 11.0 Å². The van der Waals surface area contributed by atoms with E-state index in [1.165, 1.54) is 6.26 Å². The van der Waals surface area contributed by atoms with Gasteiger partial charge in [0.1, 0.15) is 5.58 Å². The number of benzene rings is 2. The minimum atomic E-state index is -0.808. The quantitative estimate of drug-likeness (QED) is 0.446. The fraction of sp³-hybridized carbons (Fsp3) is 0.455. The topological polar surface area (TPSA) is 126 Å². The average molecular weight is 610 g/mol. The lowest BCUT2D eigenvalue weighted by atomic mass is 9.93. The molecule has 1 aromatic heterocycles. The number of hydrogen-bond acceptors (Lipinski definition) is 10. The summed E-state index contributed by atoms with van der Waals surface area (Å²) in [4.78, 5) is 29.0. The van der Waals surface area contributed by atoms with Gasteiger partial charge in [-0.05, 0) is 29.3 Å². The third-order valence-corrected chi connectivity index (χ3v) is 7.43. The average Bonchev–Trinajstić information content (AvgIpc) is 3.07. The van der Waals surface area contributed by atoms with Crippen molar-refractivity contribution in [3.63, 3.8) is 0 Å². The molecule has 2 aliphatic heterocycles. The summed E-state index contributed by atoms with van der Waals surface area (Å²) in [6.45, 7) is 4.01. The minimum Gasteiger partial charge on any atom is -0.464 e. The van der Waals surface area contributed by atoms with Crippen molar-refractivity contribution in [3.8, 4) is 0 Å². The fourth-order valence-electron chi connectivity index (χ4n) is 4.99. The van der Waals surface area contributed by atoms with Crippen LogP contribution in [0.2, 0.25) is 0 Å². The number of para-hydroxylation sites is 1. The second-order valence-corrected chi connectivity index (χ2v) is 10.5. The molecule has 11 nitrogen and oxygen atoms in total. The number of nitrogens with zero attached hydrogens (tertiary/aromatic N) is 1. The molecule has 0 spiro atoms. The predicted molar refractivity (Wildman–Crippen MR) is 160 cm³/mol. The zero-order valence-electron chi connectivity index (χ0n) is 24.7. The number of allylic oxidation sites excluding steroid dienone is 1. The van der Waals surface area contributed by atoms with E-state index in [4.69, 9.17) is 32.8 Å². The van der Waals surface area contributed by atoms with Crippen molar-refractivity contribution in [1.29, 1.82) is 0 Å². The third kappa shape index (κ3) is 8.75. The van der Waals surface area contributed by atoms with E-state index < -0.39 is 12.2 Å². The monoisotopic (exact) mass is 609 g/mol. The molecule has 1 N–H and O–H groups in total. The van der Waals surface area contributed by atoms with Gasteiger partial charge in [0.2, 0.25) is 6.29 Å². The summed E-state index contributed by atoms with van der Waals surface area (Å²) in [7, 11) is 0. The summed E-state index contributed by atoms with van der Waals surface area (Å²) in [5, 5.41) is 9.81. The second kappa shape index (κ2) is 16.5. The lowest BCUT2D eigenvalue weighted by Gasteiger charge is -2.31. The minimum absolute atomic E-state index is 0.0483. The van der Waals surface area contributed by atoms with E-state index in [2.05, 4.69) is 0 Å². The van der Waals surface area contributed by atoms with Gasteiger partial charge in [0.05, 0.1) is 77.7 Å². The molecule has 1 amide bonds. The molecule has 0 radical (unpaired) electrons. The van der Waals surface area contributed by atoms with Crippen LogP contribution in [0.5, 0.6) is 0 Å². The Labute approximate surface area is 255 Å². The number of ether oxygens (including phenoxy) is 6. The number of amides is 1. The van der Waals surface area contributed by atoms with Crippen LogP contribution in [0.4, 0.5) is 0 Å². The van der Waals surface area contributed by atoms with Crippen molar-refractivity contribution < 1.29 is 42.7 Å². The van der Waals surface area contributed by atoms with E-state index in [0.29, 0.717) is 88.9 Å². The summed E-state index contributed by atoms with van der Waals surface area (Å²) in [6, 6.07) is 14.4. The number of hydrogen-bond donors (Lipinski definition) is 1. The fourth-order valence-corrected chi connectivity index (χ4v) is 4.99. The Hall–Kier alpha value is -3.58. The van der Waals surface area contributed by atoms with Crippen LogP contribution in [0.1, 0.15) is 29.0 Å². The normalized spacial score (nSPS) is 21.1. The zero-order chi connectivity index (χ0) is 30.6. The van der Waals surface area contributed by atoms with Gasteiger partial charge in [0.15, 0.2) is 11.2 Å². The molecule has 1 saturated heterocycles. The van der Waals surface area contributed by atoms with Crippen LogP contribution in [0.15, 0.2) is 75.8 Å². The van der Waals surface area contributed by atoms with Crippen LogP contribution < -0.4 is 5.43 Å². The number of carbonyl (C=O) groups excluding carboxylic acids is 1. The van der Waals surface area contributed by atoms with Crippen LogP contribution in [0, 0.1) is 0 Å². The van der Waals surface area contributed by atoms with Crippen LogP contribution in [-0.4, -0.2) is 88.1 Å². The number of fused-ring (bicyclic) bond motifs is 1. The highest BCUT2D eigenvalue weighted by Crippen LogP contribution is 2.32. The first-order valence-electron chi connectivity index (χ1n) is 14.9. The van der Waals surface area contributed by atoms with Gasteiger partial charge >= 0.3 is 0 Å². The lowest BCUT2D eigenvalue weighted by Crippen LogP contribution is -2.40. The summed E-state index contributed by atoms with van der Waals surface area (Å²) >= 11 is 0. The van der Waals surface area contributed by atoms with Crippen molar-refractivity contribution >= 4 is 16.9 Å². The van der Waals surface area contributed by atoms with Gasteiger partial charge in [-0.25, -0.2) is 0 Å². The molecule has 0 aliphatic carbocycles. The Morgan fingerprint density at radius 3 is 2.11 bits per heavy atom. The van der Waals surface area contributed by atoms with E-state index in [9.17, 15) is 14.7 Å². The maximum Gasteiger partial charge on any atom is 0.288 e. The molecule has 1 fully saturated rings. The van der Waals surface area contributed by atoms with E-state index in [1.807, 2.05) is 30.3 Å². The van der Waals surface area contributed by atoms with E-state index >= 15 is 0 Å². The number of rotatable bonds is 6. The Morgan fingerprint density at radius 1 is 0.841 bits per heavy atom. The van der Waals surface area contributed by atoms with Crippen molar-refractivity contribution in [2.45, 2.75) is 31.8 Å². The molecule has 0 bridgehead atoms. The Kier molecular flexibility index (Phi) is 11.9. The Morgan fingerprint density at radius 2 is 1.45 bits per heavy atom. The van der Waals surface area contributed by atoms with Gasteiger partial charge in [-0.3, -0.25) is 9.59 Å². The summed E-state index contributed by atoms with van der Waals surface area (Å²) < 4.78 is 40.4. The molecule has 5 rings (SSSR count). The molecule has 3 aromatic rings. The first-order valence-corrected chi connectivity index (χ1v) is 14.9. The summed E-state index contributed by atoms with van der Waals surface area (Å²) in [5.74, 6) is -0.764. The number of aliphatic hydroxyl groups is 1. The maximum absolute atomic E-state index is 13.9. The summed E-state index contributed by atoms with van der Waals surface area (Å²) in [5.41, 5.74) is 2.41. The van der Waals surface area contributed by atoms with Crippen molar-refractivity contribution in [2.75, 3.05) is 65.9 Å². The highest BCUT2D eigenvalue weighted by molar-refractivity contribution is 5.92. The summed E-state index contributed by atoms with van der Waals surface area (Å²) in [6.07, 6.45) is 2.64. The largest absolute Gasteiger partial charge is 0.464 e. The van der Waals surface area contributed by atoms with Gasteiger partial charge in [-0.15, -0.1) is 0 Å². The van der Waals surface area contributed by atoms with Gasteiger partial charge in [0.25, 0.3) is 5.91 Å². The number of aliphatic hydroxyl groups excluding tert-OH is 1. The van der Waals surface area contributed by atoms with Gasteiger partial charge < -0.3 is 42.8 Å². The maximum atomic E-state index is 13.9. The van der Waals surface area contributed by atoms with Crippen molar-refractivity contribution in [1.82, 2.24) is 4.90 Å². The molecule has 44 heavy (non-hydrogen) atoms. The van der Waals surface area contributed by atoms with Crippen LogP contribution in [-0.2, 0) is 46.4 Å². The lowest BCUT2D eigenvalue weighted by molar-refractivity contribution is -0.157. The molecule has 2 atom stereocenters. The Bertz CT molecular complexity index is 1420. The highest BCUT2D eigenvalue weighted by atomic mass is 16.7. The molecular weight excluding hydrogens is 570 g/mol. The third-order valence-electron chi connectivity index (χ3n) is 7.43. The Balaban J connectivity index is 1.36. The van der Waals surface area contributed by atoms with Crippen molar-refractivity contribution in [3.05, 3.63) is 93.5 Å². The second-order valence-electron chi connectivity index (χ2n) is 10.5. The van der Waals surface area contributed by atoms with Crippen molar-refractivity contribution in [2.24, 2.45) is 0 Å². The van der Waals surface area contributed by atoms with Gasteiger partial charge in [-0.1, -0.05) is 36.4 Å². The highest BCUT2D eigenvalue weighted by Gasteiger charge is 2.32. The number of carbonyl (C=O) groups is 1. The molecule has 3 heterocycles. The standard InChI is InChI=1S/C33H39NO10/c35-21-24-5-7-25(8-6-24)22-43-31-20-26(28-23-42-29-4-2-1-3-27(29)32(28)36)19-30(44-31)33(37)34-9-11-38-13-15-40-17-18-41-16-14-39-12-10-34/h1-8,19,23,26,31,35H,9-18,20-22H2. The molecule has 2 aromatic carbocycles. The predicted octanol–water partition coefficient (Wildman–Crippen LogP) is 3.12. The smallest absolute Gasteiger partial charge is 0.288 e. The molecule has 236 valence electrons. The first kappa shape index (κ1) is 31.8. The molecule has 11 heteroatoms. The van der Waals surface area contributed by atoms with Gasteiger partial charge in [-0.2, -0.15) is 0 Å². The molecular formula is C33H39NO10. The first-order chi connectivity index (χ1) is 21.6. The SMILES string of the molecule is O=C(C1=CC(c2coc3ccccc3c2=O)CC(OCc2ccc(CO)cc2)O1)N1CCOCCOCCOCCOCC1. The zero-order valence-corrected chi connectivity index (χ0v) is 24.7. The van der Waals surface area contributed by atoms with E-state index in [-0.39, 0.29) is 30.3 Å². The van der Waals surface area contributed by atoms with E-state index in [0.717, 1.165) is 11.1 Å². The van der Waals surface area contributed by atoms with Crippen LogP contribution >= 0.6 is 0 Å². The van der Waals surface area contributed by atoms with Gasteiger partial charge in [0, 0.05) is 31.0 Å². The molecule has 2 unspecified atom stereocenters. The molecule has 0 saturated carbocycles. The van der Waals surface area contributed by atoms with Crippen LogP contribution in [0.3, 0.4) is 0 Å².